The SMILES string of the molecule is [CH2]C(c1ccc(Br)nc1)N(C)C. The lowest BCUT2D eigenvalue weighted by Gasteiger charge is -2.19. The number of hydrogen-bond donors (Lipinski definition) is 0. The molecule has 0 aliphatic carbocycles. The molecule has 0 saturated heterocycles. The fourth-order valence-corrected chi connectivity index (χ4v) is 1.12. The molecule has 3 heteroatoms. The van der Waals surface area contributed by atoms with Gasteiger partial charge in [-0.2, -0.15) is 0 Å². The summed E-state index contributed by atoms with van der Waals surface area (Å²) in [6, 6.07) is 4.12. The Morgan fingerprint density at radius 2 is 2.17 bits per heavy atom. The summed E-state index contributed by atoms with van der Waals surface area (Å²) in [6.07, 6.45) is 1.84. The van der Waals surface area contributed by atoms with Gasteiger partial charge in [0.2, 0.25) is 0 Å². The number of hydrogen-bond acceptors (Lipinski definition) is 2. The highest BCUT2D eigenvalue weighted by Gasteiger charge is 2.06. The fourth-order valence-electron chi connectivity index (χ4n) is 0.883. The van der Waals surface area contributed by atoms with Crippen LogP contribution < -0.4 is 0 Å². The Bertz CT molecular complexity index is 243. The Balaban J connectivity index is 2.82. The Morgan fingerprint density at radius 3 is 2.58 bits per heavy atom. The third-order valence-corrected chi connectivity index (χ3v) is 2.23. The van der Waals surface area contributed by atoms with E-state index in [1.54, 1.807) is 0 Å². The molecule has 0 aromatic carbocycles. The van der Waals surface area contributed by atoms with Crippen LogP contribution in [0, 0.1) is 6.92 Å². The molecule has 1 radical (unpaired) electrons. The predicted molar refractivity (Wildman–Crippen MR) is 53.7 cm³/mol. The van der Waals surface area contributed by atoms with E-state index in [0.29, 0.717) is 0 Å². The van der Waals surface area contributed by atoms with Crippen molar-refractivity contribution in [2.45, 2.75) is 6.04 Å². The van der Waals surface area contributed by atoms with Crippen LogP contribution >= 0.6 is 15.9 Å². The van der Waals surface area contributed by atoms with Crippen LogP contribution in [0.4, 0.5) is 0 Å². The summed E-state index contributed by atoms with van der Waals surface area (Å²) < 4.78 is 0.859. The summed E-state index contributed by atoms with van der Waals surface area (Å²) in [5.74, 6) is 0. The maximum absolute atomic E-state index is 4.13. The van der Waals surface area contributed by atoms with Crippen LogP contribution in [0.3, 0.4) is 0 Å². The van der Waals surface area contributed by atoms with Crippen LogP contribution in [0.2, 0.25) is 0 Å². The van der Waals surface area contributed by atoms with Crippen LogP contribution in [0.1, 0.15) is 11.6 Å². The van der Waals surface area contributed by atoms with Crippen molar-refractivity contribution in [1.29, 1.82) is 0 Å². The highest BCUT2D eigenvalue weighted by molar-refractivity contribution is 9.10. The maximum atomic E-state index is 4.13. The molecule has 1 unspecified atom stereocenters. The largest absolute Gasteiger partial charge is 0.302 e. The normalized spacial score (nSPS) is 13.4. The zero-order valence-corrected chi connectivity index (χ0v) is 8.87. The minimum absolute atomic E-state index is 0.172. The molecule has 0 aliphatic rings. The average Bonchev–Trinajstić information content (AvgIpc) is 2.04. The van der Waals surface area contributed by atoms with Crippen molar-refractivity contribution in [3.8, 4) is 0 Å². The van der Waals surface area contributed by atoms with E-state index in [9.17, 15) is 0 Å². The Kier molecular flexibility index (Phi) is 3.23. The molecule has 0 fully saturated rings. The van der Waals surface area contributed by atoms with Gasteiger partial charge >= 0.3 is 0 Å². The quantitative estimate of drug-likeness (QED) is 0.722. The van der Waals surface area contributed by atoms with Gasteiger partial charge in [-0.3, -0.25) is 0 Å². The standard InChI is InChI=1S/C9H12BrN2/c1-7(12(2)3)8-4-5-9(10)11-6-8/h4-7H,1H2,2-3H3. The molecule has 0 spiro atoms. The molecule has 0 amide bonds. The van der Waals surface area contributed by atoms with E-state index in [1.165, 1.54) is 0 Å². The zero-order valence-electron chi connectivity index (χ0n) is 7.29. The molecule has 1 aromatic rings. The van der Waals surface area contributed by atoms with Crippen LogP contribution in [-0.4, -0.2) is 24.0 Å². The summed E-state index contributed by atoms with van der Waals surface area (Å²) in [7, 11) is 4.00. The molecule has 65 valence electrons. The van der Waals surface area contributed by atoms with Gasteiger partial charge in [0.15, 0.2) is 0 Å². The van der Waals surface area contributed by atoms with Crippen LogP contribution in [-0.2, 0) is 0 Å². The van der Waals surface area contributed by atoms with Gasteiger partial charge in [-0.1, -0.05) is 6.07 Å². The second-order valence-corrected chi connectivity index (χ2v) is 3.71. The summed E-state index contributed by atoms with van der Waals surface area (Å²) in [4.78, 5) is 6.18. The van der Waals surface area contributed by atoms with Gasteiger partial charge in [0, 0.05) is 12.2 Å². The lowest BCUT2D eigenvalue weighted by atomic mass is 10.1. The first kappa shape index (κ1) is 9.68. The molecule has 1 heterocycles. The van der Waals surface area contributed by atoms with Crippen molar-refractivity contribution in [2.24, 2.45) is 0 Å². The number of rotatable bonds is 2. The van der Waals surface area contributed by atoms with Gasteiger partial charge in [0.25, 0.3) is 0 Å². The molecule has 1 aromatic heterocycles. The van der Waals surface area contributed by atoms with E-state index in [0.717, 1.165) is 10.2 Å². The highest BCUT2D eigenvalue weighted by Crippen LogP contribution is 2.16. The molecule has 0 aliphatic heterocycles. The summed E-state index contributed by atoms with van der Waals surface area (Å²) in [5.41, 5.74) is 1.13. The van der Waals surface area contributed by atoms with Gasteiger partial charge < -0.3 is 4.90 Å². The van der Waals surface area contributed by atoms with E-state index in [1.807, 2.05) is 37.3 Å². The molecule has 0 saturated carbocycles. The van der Waals surface area contributed by atoms with Crippen molar-refractivity contribution in [1.82, 2.24) is 9.88 Å². The first-order valence-electron chi connectivity index (χ1n) is 3.72. The second kappa shape index (κ2) is 4.01. The van der Waals surface area contributed by atoms with Crippen LogP contribution in [0.25, 0.3) is 0 Å². The number of aromatic nitrogens is 1. The summed E-state index contributed by atoms with van der Waals surface area (Å²) in [5, 5.41) is 0. The van der Waals surface area contributed by atoms with Crippen molar-refractivity contribution in [3.05, 3.63) is 35.4 Å². The lowest BCUT2D eigenvalue weighted by Crippen LogP contribution is -2.16. The van der Waals surface area contributed by atoms with E-state index < -0.39 is 0 Å². The van der Waals surface area contributed by atoms with Crippen molar-refractivity contribution >= 4 is 15.9 Å². The maximum Gasteiger partial charge on any atom is 0.106 e. The fraction of sp³-hybridized carbons (Fsp3) is 0.333. The van der Waals surface area contributed by atoms with E-state index in [2.05, 4.69) is 27.8 Å². The minimum atomic E-state index is 0.172. The number of pyridine rings is 1. The second-order valence-electron chi connectivity index (χ2n) is 2.89. The van der Waals surface area contributed by atoms with E-state index in [-0.39, 0.29) is 6.04 Å². The Labute approximate surface area is 81.7 Å². The molecule has 2 nitrogen and oxygen atoms in total. The number of halogens is 1. The first-order chi connectivity index (χ1) is 5.61. The monoisotopic (exact) mass is 227 g/mol. The Morgan fingerprint density at radius 1 is 1.50 bits per heavy atom. The third kappa shape index (κ3) is 2.29. The molecule has 0 bridgehead atoms. The number of nitrogens with zero attached hydrogens (tertiary/aromatic N) is 2. The van der Waals surface area contributed by atoms with E-state index >= 15 is 0 Å². The minimum Gasteiger partial charge on any atom is -0.302 e. The van der Waals surface area contributed by atoms with Gasteiger partial charge in [-0.05, 0) is 48.6 Å². The summed E-state index contributed by atoms with van der Waals surface area (Å²) in [6.45, 7) is 4.01. The first-order valence-corrected chi connectivity index (χ1v) is 4.51. The topological polar surface area (TPSA) is 16.1 Å². The van der Waals surface area contributed by atoms with Crippen LogP contribution in [0.15, 0.2) is 22.9 Å². The summed E-state index contributed by atoms with van der Waals surface area (Å²) >= 11 is 3.29. The smallest absolute Gasteiger partial charge is 0.106 e. The molecule has 1 rings (SSSR count). The third-order valence-electron chi connectivity index (χ3n) is 1.76. The van der Waals surface area contributed by atoms with Crippen molar-refractivity contribution in [2.75, 3.05) is 14.1 Å². The predicted octanol–water partition coefficient (Wildman–Crippen LogP) is 2.28. The van der Waals surface area contributed by atoms with Crippen molar-refractivity contribution < 1.29 is 0 Å². The van der Waals surface area contributed by atoms with Gasteiger partial charge in [0.05, 0.1) is 0 Å². The molecule has 1 atom stereocenters. The average molecular weight is 228 g/mol. The van der Waals surface area contributed by atoms with Crippen molar-refractivity contribution in [3.63, 3.8) is 0 Å². The van der Waals surface area contributed by atoms with Crippen LogP contribution in [0.5, 0.6) is 0 Å². The van der Waals surface area contributed by atoms with Gasteiger partial charge in [-0.15, -0.1) is 0 Å². The van der Waals surface area contributed by atoms with Gasteiger partial charge in [0.1, 0.15) is 4.60 Å². The highest BCUT2D eigenvalue weighted by atomic mass is 79.9. The lowest BCUT2D eigenvalue weighted by molar-refractivity contribution is 0.348. The van der Waals surface area contributed by atoms with Gasteiger partial charge in [-0.25, -0.2) is 4.98 Å². The zero-order chi connectivity index (χ0) is 9.14. The molecular weight excluding hydrogens is 216 g/mol. The Hall–Kier alpha value is -0.410. The molecule has 12 heavy (non-hydrogen) atoms. The molecule has 0 N–H and O–H groups in total. The molecular formula is C9H12BrN2. The van der Waals surface area contributed by atoms with E-state index in [4.69, 9.17) is 0 Å².